The lowest BCUT2D eigenvalue weighted by Crippen LogP contribution is -1.95. The van der Waals surface area contributed by atoms with E-state index in [1.54, 1.807) is 0 Å². The summed E-state index contributed by atoms with van der Waals surface area (Å²) in [6.45, 7) is 0. The summed E-state index contributed by atoms with van der Waals surface area (Å²) in [6, 6.07) is 0. The molecule has 0 aromatic carbocycles. The second-order valence-corrected chi connectivity index (χ2v) is 1.62. The maximum absolute atomic E-state index is 10.5. The van der Waals surface area contributed by atoms with Crippen molar-refractivity contribution in [2.45, 2.75) is 19.3 Å². The third kappa shape index (κ3) is 4.76. The number of Topliss-reactive ketones (excluding diaryl/α,β-unsaturated/α-hetero) is 1. The van der Waals surface area contributed by atoms with Gasteiger partial charge < -0.3 is 4.79 Å². The molecule has 0 aromatic rings. The van der Waals surface area contributed by atoms with Gasteiger partial charge in [-0.2, -0.15) is 0 Å². The van der Waals surface area contributed by atoms with Gasteiger partial charge in [-0.3, -0.25) is 4.79 Å². The number of rotatable bonds is 4. The summed E-state index contributed by atoms with van der Waals surface area (Å²) in [7, 11) is 0. The summed E-state index contributed by atoms with van der Waals surface area (Å²) < 4.78 is 0. The summed E-state index contributed by atoms with van der Waals surface area (Å²) in [6.07, 6.45) is 6.28. The van der Waals surface area contributed by atoms with Crippen molar-refractivity contribution in [1.29, 1.82) is 0 Å². The van der Waals surface area contributed by atoms with E-state index in [2.05, 4.69) is 5.92 Å². The van der Waals surface area contributed by atoms with Crippen LogP contribution in [0.5, 0.6) is 0 Å². The largest absolute Gasteiger partial charge is 0.303 e. The molecule has 0 N–H and O–H groups in total. The molecule has 0 radical (unpaired) electrons. The highest BCUT2D eigenvalue weighted by atomic mass is 16.1. The minimum Gasteiger partial charge on any atom is -0.303 e. The molecule has 0 aliphatic rings. The Hall–Kier alpha value is -1.10. The van der Waals surface area contributed by atoms with Crippen molar-refractivity contribution in [2.75, 3.05) is 0 Å². The quantitative estimate of drug-likeness (QED) is 0.405. The number of carbonyl (C=O) groups is 2. The van der Waals surface area contributed by atoms with Gasteiger partial charge in [0, 0.05) is 12.8 Å². The first-order chi connectivity index (χ1) is 4.31. The van der Waals surface area contributed by atoms with E-state index in [1.807, 2.05) is 0 Å². The Morgan fingerprint density at radius 1 is 1.67 bits per heavy atom. The van der Waals surface area contributed by atoms with Crippen LogP contribution in [0.2, 0.25) is 0 Å². The zero-order chi connectivity index (χ0) is 7.11. The number of hydrogen-bond donors (Lipinski definition) is 0. The summed E-state index contributed by atoms with van der Waals surface area (Å²) in [5, 5.41) is 0. The molecule has 0 amide bonds. The second-order valence-electron chi connectivity index (χ2n) is 1.62. The number of carbonyl (C=O) groups excluding carboxylic acids is 2. The molecule has 2 heteroatoms. The predicted molar refractivity (Wildman–Crippen MR) is 33.8 cm³/mol. The molecule has 0 spiro atoms. The lowest BCUT2D eigenvalue weighted by molar-refractivity contribution is -0.119. The smallest absolute Gasteiger partial charge is 0.145 e. The highest BCUT2D eigenvalue weighted by Crippen LogP contribution is 1.90. The molecule has 0 unspecified atom stereocenters. The van der Waals surface area contributed by atoms with Crippen molar-refractivity contribution < 1.29 is 9.59 Å². The van der Waals surface area contributed by atoms with E-state index in [0.29, 0.717) is 12.7 Å². The first-order valence-electron chi connectivity index (χ1n) is 2.70. The van der Waals surface area contributed by atoms with Crippen LogP contribution in [-0.2, 0) is 9.59 Å². The van der Waals surface area contributed by atoms with Crippen LogP contribution < -0.4 is 0 Å². The molecule has 0 atom stereocenters. The summed E-state index contributed by atoms with van der Waals surface area (Å²) in [4.78, 5) is 20.2. The monoisotopic (exact) mass is 124 g/mol. The minimum absolute atomic E-state index is 0.0374. The molecule has 0 bridgehead atoms. The van der Waals surface area contributed by atoms with Gasteiger partial charge in [0.1, 0.15) is 12.1 Å². The average molecular weight is 124 g/mol. The molecule has 0 saturated heterocycles. The van der Waals surface area contributed by atoms with Gasteiger partial charge >= 0.3 is 0 Å². The highest BCUT2D eigenvalue weighted by Gasteiger charge is 1.96. The van der Waals surface area contributed by atoms with E-state index >= 15 is 0 Å². The fraction of sp³-hybridized carbons (Fsp3) is 0.429. The third-order valence-corrected chi connectivity index (χ3v) is 0.840. The predicted octanol–water partition coefficient (Wildman–Crippen LogP) is 0.558. The Balaban J connectivity index is 3.29. The molecule has 0 aliphatic carbocycles. The Morgan fingerprint density at radius 3 is 2.78 bits per heavy atom. The van der Waals surface area contributed by atoms with Crippen LogP contribution in [0.25, 0.3) is 0 Å². The lowest BCUT2D eigenvalue weighted by Gasteiger charge is -1.86. The summed E-state index contributed by atoms with van der Waals surface area (Å²) in [5.41, 5.74) is 0. The zero-order valence-corrected chi connectivity index (χ0v) is 5.09. The molecule has 0 aliphatic heterocycles. The third-order valence-electron chi connectivity index (χ3n) is 0.840. The van der Waals surface area contributed by atoms with E-state index in [1.165, 1.54) is 0 Å². The maximum Gasteiger partial charge on any atom is 0.145 e. The van der Waals surface area contributed by atoms with Crippen molar-refractivity contribution >= 4 is 12.1 Å². The van der Waals surface area contributed by atoms with Crippen LogP contribution in [0.3, 0.4) is 0 Å². The molecule has 0 saturated carbocycles. The Morgan fingerprint density at radius 2 is 2.33 bits per heavy atom. The molecule has 2 nitrogen and oxygen atoms in total. The molecule has 9 heavy (non-hydrogen) atoms. The molecule has 0 heterocycles. The van der Waals surface area contributed by atoms with E-state index < -0.39 is 0 Å². The molecule has 48 valence electrons. The van der Waals surface area contributed by atoms with Crippen LogP contribution in [0.4, 0.5) is 0 Å². The Bertz CT molecular complexity index is 141. The number of terminal acetylenes is 1. The van der Waals surface area contributed by atoms with E-state index in [0.717, 1.165) is 0 Å². The summed E-state index contributed by atoms with van der Waals surface area (Å²) >= 11 is 0. The Labute approximate surface area is 54.3 Å². The molecular weight excluding hydrogens is 116 g/mol. The normalized spacial score (nSPS) is 7.89. The highest BCUT2D eigenvalue weighted by molar-refractivity contribution is 5.82. The van der Waals surface area contributed by atoms with Crippen molar-refractivity contribution in [3.8, 4) is 12.3 Å². The fourth-order valence-electron chi connectivity index (χ4n) is 0.422. The van der Waals surface area contributed by atoms with Gasteiger partial charge in [0.25, 0.3) is 0 Å². The minimum atomic E-state index is -0.0374. The first kappa shape index (κ1) is 7.90. The fourth-order valence-corrected chi connectivity index (χ4v) is 0.422. The molecule has 0 fully saturated rings. The van der Waals surface area contributed by atoms with Gasteiger partial charge in [-0.25, -0.2) is 0 Å². The number of ketones is 1. The topological polar surface area (TPSA) is 34.1 Å². The average Bonchev–Trinajstić information content (AvgIpc) is 1.85. The first-order valence-corrected chi connectivity index (χ1v) is 2.70. The van der Waals surface area contributed by atoms with Crippen LogP contribution in [-0.4, -0.2) is 12.1 Å². The standard InChI is InChI=1S/C7H8O2/c1-2-4-7(9)5-3-6-8/h1,6H,3-5H2. The molecular formula is C7H8O2. The number of aldehydes is 1. The SMILES string of the molecule is C#CCC(=O)CCC=O. The van der Waals surface area contributed by atoms with Crippen LogP contribution in [0, 0.1) is 12.3 Å². The van der Waals surface area contributed by atoms with Gasteiger partial charge in [-0.15, -0.1) is 6.42 Å². The van der Waals surface area contributed by atoms with Gasteiger partial charge in [-0.05, 0) is 0 Å². The Kier molecular flexibility index (Phi) is 4.43. The van der Waals surface area contributed by atoms with Gasteiger partial charge in [0.05, 0.1) is 6.42 Å². The summed E-state index contributed by atoms with van der Waals surface area (Å²) in [5.74, 6) is 2.17. The number of hydrogen-bond acceptors (Lipinski definition) is 2. The zero-order valence-electron chi connectivity index (χ0n) is 5.09. The van der Waals surface area contributed by atoms with E-state index in [4.69, 9.17) is 6.42 Å². The second kappa shape index (κ2) is 5.04. The lowest BCUT2D eigenvalue weighted by atomic mass is 10.2. The van der Waals surface area contributed by atoms with Crippen LogP contribution in [0.15, 0.2) is 0 Å². The van der Waals surface area contributed by atoms with Gasteiger partial charge in [0.15, 0.2) is 0 Å². The van der Waals surface area contributed by atoms with Crippen molar-refractivity contribution in [3.05, 3.63) is 0 Å². The van der Waals surface area contributed by atoms with Crippen molar-refractivity contribution in [1.82, 2.24) is 0 Å². The molecule has 0 aromatic heterocycles. The van der Waals surface area contributed by atoms with Crippen molar-refractivity contribution in [2.24, 2.45) is 0 Å². The van der Waals surface area contributed by atoms with E-state index in [9.17, 15) is 9.59 Å². The van der Waals surface area contributed by atoms with E-state index in [-0.39, 0.29) is 18.6 Å². The molecule has 0 rings (SSSR count). The maximum atomic E-state index is 10.5. The van der Waals surface area contributed by atoms with Crippen LogP contribution in [0.1, 0.15) is 19.3 Å². The van der Waals surface area contributed by atoms with Gasteiger partial charge in [0.2, 0.25) is 0 Å². The van der Waals surface area contributed by atoms with Crippen molar-refractivity contribution in [3.63, 3.8) is 0 Å². The van der Waals surface area contributed by atoms with Gasteiger partial charge in [-0.1, -0.05) is 5.92 Å². The van der Waals surface area contributed by atoms with Crippen LogP contribution >= 0.6 is 0 Å².